The molecule has 1 saturated heterocycles. The number of thioether (sulfide) groups is 1. The predicted molar refractivity (Wildman–Crippen MR) is 81.7 cm³/mol. The normalized spacial score (nSPS) is 25.1. The van der Waals surface area contributed by atoms with Crippen LogP contribution in [0.15, 0.2) is 18.2 Å². The molecular weight excluding hydrogens is 272 g/mol. The molecule has 0 radical (unpaired) electrons. The Morgan fingerprint density at radius 1 is 1.30 bits per heavy atom. The molecule has 0 saturated carbocycles. The van der Waals surface area contributed by atoms with Crippen LogP contribution in [-0.4, -0.2) is 28.1 Å². The van der Waals surface area contributed by atoms with Gasteiger partial charge in [0.1, 0.15) is 0 Å². The molecule has 1 aromatic rings. The van der Waals surface area contributed by atoms with Crippen LogP contribution in [-0.2, 0) is 17.6 Å². The van der Waals surface area contributed by atoms with Crippen LogP contribution in [0.5, 0.6) is 0 Å². The highest BCUT2D eigenvalue weighted by molar-refractivity contribution is 7.99. The van der Waals surface area contributed by atoms with Gasteiger partial charge in [0.25, 0.3) is 5.91 Å². The lowest BCUT2D eigenvalue weighted by molar-refractivity contribution is -0.136. The van der Waals surface area contributed by atoms with Crippen molar-refractivity contribution in [3.8, 4) is 0 Å². The van der Waals surface area contributed by atoms with Gasteiger partial charge in [-0.2, -0.15) is 11.8 Å². The van der Waals surface area contributed by atoms with Gasteiger partial charge in [0.15, 0.2) is 5.60 Å². The van der Waals surface area contributed by atoms with E-state index in [0.29, 0.717) is 12.2 Å². The summed E-state index contributed by atoms with van der Waals surface area (Å²) in [4.78, 5) is 12.1. The van der Waals surface area contributed by atoms with Crippen molar-refractivity contribution < 1.29 is 9.90 Å². The van der Waals surface area contributed by atoms with Crippen molar-refractivity contribution in [1.82, 2.24) is 5.43 Å². The first kappa shape index (κ1) is 13.8. The maximum Gasteiger partial charge on any atom is 0.271 e. The summed E-state index contributed by atoms with van der Waals surface area (Å²) in [5.74, 6) is 0.994. The van der Waals surface area contributed by atoms with Crippen molar-refractivity contribution in [1.29, 1.82) is 0 Å². The second-order valence-corrected chi connectivity index (χ2v) is 6.67. The summed E-state index contributed by atoms with van der Waals surface area (Å²) in [6.45, 7) is 0. The number of benzene rings is 1. The van der Waals surface area contributed by atoms with E-state index in [9.17, 15) is 9.90 Å². The van der Waals surface area contributed by atoms with Gasteiger partial charge in [0.2, 0.25) is 0 Å². The van der Waals surface area contributed by atoms with E-state index < -0.39 is 5.60 Å². The fourth-order valence-electron chi connectivity index (χ4n) is 2.87. The number of hydrogen-bond acceptors (Lipinski definition) is 4. The van der Waals surface area contributed by atoms with E-state index in [1.54, 1.807) is 11.8 Å². The Morgan fingerprint density at radius 2 is 2.15 bits per heavy atom. The van der Waals surface area contributed by atoms with E-state index >= 15 is 0 Å². The number of nitrogens with one attached hydrogen (secondary N) is 2. The van der Waals surface area contributed by atoms with Gasteiger partial charge >= 0.3 is 0 Å². The van der Waals surface area contributed by atoms with E-state index in [-0.39, 0.29) is 5.91 Å². The fraction of sp³-hybridized carbons (Fsp3) is 0.533. The Morgan fingerprint density at radius 3 is 2.95 bits per heavy atom. The van der Waals surface area contributed by atoms with Gasteiger partial charge in [-0.1, -0.05) is 12.1 Å². The Kier molecular flexibility index (Phi) is 3.89. The van der Waals surface area contributed by atoms with Crippen molar-refractivity contribution in [3.05, 3.63) is 29.3 Å². The predicted octanol–water partition coefficient (Wildman–Crippen LogP) is 1.88. The van der Waals surface area contributed by atoms with Gasteiger partial charge in [0.05, 0.1) is 5.69 Å². The molecule has 2 aliphatic rings. The second-order valence-electron chi connectivity index (χ2n) is 5.56. The minimum atomic E-state index is -1.22. The van der Waals surface area contributed by atoms with Gasteiger partial charge in [-0.3, -0.25) is 15.6 Å². The molecule has 1 aromatic carbocycles. The highest BCUT2D eigenvalue weighted by atomic mass is 32.2. The summed E-state index contributed by atoms with van der Waals surface area (Å²) in [6.07, 6.45) is 5.12. The SMILES string of the molecule is O=C(NNc1cccc2c1CCCC2)C1(O)CCSC1. The molecule has 1 unspecified atom stereocenters. The summed E-state index contributed by atoms with van der Waals surface area (Å²) in [6, 6.07) is 6.15. The lowest BCUT2D eigenvalue weighted by Gasteiger charge is -2.23. The summed E-state index contributed by atoms with van der Waals surface area (Å²) in [5, 5.41) is 10.2. The number of rotatable bonds is 3. The molecule has 0 aromatic heterocycles. The average molecular weight is 292 g/mol. The summed E-state index contributed by atoms with van der Waals surface area (Å²) in [5.41, 5.74) is 8.10. The zero-order valence-electron chi connectivity index (χ0n) is 11.4. The van der Waals surface area contributed by atoms with Crippen molar-refractivity contribution in [3.63, 3.8) is 0 Å². The van der Waals surface area contributed by atoms with E-state index in [2.05, 4.69) is 16.9 Å². The lowest BCUT2D eigenvalue weighted by Crippen LogP contribution is -2.49. The minimum Gasteiger partial charge on any atom is -0.379 e. The Bertz CT molecular complexity index is 513. The quantitative estimate of drug-likeness (QED) is 0.744. The fourth-order valence-corrected chi connectivity index (χ4v) is 4.11. The van der Waals surface area contributed by atoms with Crippen molar-refractivity contribution in [2.45, 2.75) is 37.7 Å². The number of carbonyl (C=O) groups excluding carboxylic acids is 1. The van der Waals surface area contributed by atoms with Crippen LogP contribution in [0, 0.1) is 0 Å². The van der Waals surface area contributed by atoms with Crippen LogP contribution < -0.4 is 10.9 Å². The van der Waals surface area contributed by atoms with E-state index in [1.807, 2.05) is 12.1 Å². The summed E-state index contributed by atoms with van der Waals surface area (Å²) < 4.78 is 0. The monoisotopic (exact) mass is 292 g/mol. The van der Waals surface area contributed by atoms with Gasteiger partial charge in [-0.05, 0) is 55.1 Å². The van der Waals surface area contributed by atoms with Crippen LogP contribution in [0.25, 0.3) is 0 Å². The molecule has 5 heteroatoms. The molecule has 1 aliphatic carbocycles. The smallest absolute Gasteiger partial charge is 0.271 e. The zero-order chi connectivity index (χ0) is 14.0. The summed E-state index contributed by atoms with van der Waals surface area (Å²) in [7, 11) is 0. The van der Waals surface area contributed by atoms with E-state index in [1.165, 1.54) is 24.0 Å². The Labute approximate surface area is 123 Å². The number of fused-ring (bicyclic) bond motifs is 1. The second kappa shape index (κ2) is 5.66. The standard InChI is InChI=1S/C15H20N2O2S/c18-14(15(19)8-9-20-10-15)17-16-13-7-3-5-11-4-1-2-6-12(11)13/h3,5,7,16,19H,1-2,4,6,8-10H2,(H,17,18). The third kappa shape index (κ3) is 2.65. The average Bonchev–Trinajstić information content (AvgIpc) is 2.93. The molecule has 3 rings (SSSR count). The molecule has 0 spiro atoms. The maximum atomic E-state index is 12.1. The van der Waals surface area contributed by atoms with Crippen molar-refractivity contribution >= 4 is 23.4 Å². The molecule has 3 N–H and O–H groups in total. The number of carbonyl (C=O) groups is 1. The molecule has 1 heterocycles. The van der Waals surface area contributed by atoms with Crippen LogP contribution in [0.2, 0.25) is 0 Å². The Hall–Kier alpha value is -1.20. The topological polar surface area (TPSA) is 61.4 Å². The number of aliphatic hydroxyl groups is 1. The third-order valence-corrected chi connectivity index (χ3v) is 5.30. The van der Waals surface area contributed by atoms with E-state index in [4.69, 9.17) is 0 Å². The molecule has 1 amide bonds. The third-order valence-electron chi connectivity index (χ3n) is 4.13. The largest absolute Gasteiger partial charge is 0.379 e. The minimum absolute atomic E-state index is 0.323. The first-order valence-corrected chi connectivity index (χ1v) is 8.32. The lowest BCUT2D eigenvalue weighted by atomic mass is 9.90. The molecule has 4 nitrogen and oxygen atoms in total. The van der Waals surface area contributed by atoms with Gasteiger partial charge in [-0.15, -0.1) is 0 Å². The molecule has 20 heavy (non-hydrogen) atoms. The van der Waals surface area contributed by atoms with Crippen LogP contribution >= 0.6 is 11.8 Å². The molecule has 1 aliphatic heterocycles. The van der Waals surface area contributed by atoms with Crippen molar-refractivity contribution in [2.24, 2.45) is 0 Å². The zero-order valence-corrected chi connectivity index (χ0v) is 12.3. The summed E-state index contributed by atoms with van der Waals surface area (Å²) >= 11 is 1.62. The van der Waals surface area contributed by atoms with Gasteiger partial charge in [0, 0.05) is 5.75 Å². The molecule has 108 valence electrons. The number of hydrazine groups is 1. The van der Waals surface area contributed by atoms with Gasteiger partial charge in [-0.25, -0.2) is 0 Å². The maximum absolute atomic E-state index is 12.1. The number of aryl methyl sites for hydroxylation is 1. The highest BCUT2D eigenvalue weighted by Gasteiger charge is 2.39. The highest BCUT2D eigenvalue weighted by Crippen LogP contribution is 2.29. The van der Waals surface area contributed by atoms with E-state index in [0.717, 1.165) is 24.3 Å². The number of hydrogen-bond donors (Lipinski definition) is 3. The van der Waals surface area contributed by atoms with Crippen LogP contribution in [0.3, 0.4) is 0 Å². The first-order valence-electron chi connectivity index (χ1n) is 7.16. The van der Waals surface area contributed by atoms with Crippen LogP contribution in [0.4, 0.5) is 5.69 Å². The van der Waals surface area contributed by atoms with Gasteiger partial charge < -0.3 is 5.11 Å². The first-order chi connectivity index (χ1) is 9.69. The van der Waals surface area contributed by atoms with Crippen LogP contribution in [0.1, 0.15) is 30.4 Å². The molecule has 0 bridgehead atoms. The number of anilines is 1. The molecule has 1 atom stereocenters. The molecular formula is C15H20N2O2S. The molecule has 1 fully saturated rings. The van der Waals surface area contributed by atoms with Crippen molar-refractivity contribution in [2.75, 3.05) is 16.9 Å². The Balaban J connectivity index is 1.68. The number of amides is 1.